The van der Waals surface area contributed by atoms with Gasteiger partial charge >= 0.3 is 5.97 Å². The van der Waals surface area contributed by atoms with Crippen molar-refractivity contribution in [3.05, 3.63) is 0 Å². The lowest BCUT2D eigenvalue weighted by atomic mass is 10.2. The first-order chi connectivity index (χ1) is 9.63. The van der Waals surface area contributed by atoms with E-state index in [-0.39, 0.29) is 11.9 Å². The number of unbranched alkanes of at least 4 members (excludes halogenated alkanes) is 1. The molecule has 1 amide bonds. The molecule has 1 heterocycles. The molecule has 0 aromatic rings. The first-order valence-corrected chi connectivity index (χ1v) is 7.77. The van der Waals surface area contributed by atoms with E-state index in [9.17, 15) is 9.59 Å². The van der Waals surface area contributed by atoms with E-state index in [2.05, 4.69) is 4.90 Å². The van der Waals surface area contributed by atoms with E-state index in [1.54, 1.807) is 18.7 Å². The van der Waals surface area contributed by atoms with Crippen molar-refractivity contribution < 1.29 is 14.3 Å². The zero-order chi connectivity index (χ0) is 14.8. The summed E-state index contributed by atoms with van der Waals surface area (Å²) in [6.45, 7) is 8.53. The number of nitrogens with zero attached hydrogens (tertiary/aromatic N) is 2. The van der Waals surface area contributed by atoms with Gasteiger partial charge in [0.1, 0.15) is 0 Å². The van der Waals surface area contributed by atoms with Crippen LogP contribution in [-0.2, 0) is 14.3 Å². The standard InChI is InChI=1S/C15H28N2O3/c1-3-20-15(19)8-13-17(14(2)18)12-7-6-11-16-9-4-5-10-16/h3-13H2,1-2H3. The van der Waals surface area contributed by atoms with Gasteiger partial charge in [0.25, 0.3) is 0 Å². The average molecular weight is 284 g/mol. The number of carbonyl (C=O) groups is 2. The van der Waals surface area contributed by atoms with Crippen LogP contribution in [0.25, 0.3) is 0 Å². The minimum Gasteiger partial charge on any atom is -0.466 e. The molecule has 1 aliphatic heterocycles. The van der Waals surface area contributed by atoms with Crippen LogP contribution in [0.2, 0.25) is 0 Å². The van der Waals surface area contributed by atoms with Gasteiger partial charge in [-0.15, -0.1) is 0 Å². The van der Waals surface area contributed by atoms with Gasteiger partial charge in [0.15, 0.2) is 0 Å². The molecule has 0 bridgehead atoms. The van der Waals surface area contributed by atoms with E-state index >= 15 is 0 Å². The summed E-state index contributed by atoms with van der Waals surface area (Å²) in [4.78, 5) is 27.1. The lowest BCUT2D eigenvalue weighted by molar-refractivity contribution is -0.143. The third-order valence-corrected chi connectivity index (χ3v) is 3.69. The Balaban J connectivity index is 2.14. The SMILES string of the molecule is CCOC(=O)CCN(CCCCN1CCCC1)C(C)=O. The van der Waals surface area contributed by atoms with E-state index in [0.717, 1.165) is 25.9 Å². The fourth-order valence-electron chi connectivity index (χ4n) is 2.53. The summed E-state index contributed by atoms with van der Waals surface area (Å²) >= 11 is 0. The Morgan fingerprint density at radius 2 is 1.85 bits per heavy atom. The minimum absolute atomic E-state index is 0.0375. The Bertz CT molecular complexity index is 301. The summed E-state index contributed by atoms with van der Waals surface area (Å²) in [7, 11) is 0. The summed E-state index contributed by atoms with van der Waals surface area (Å²) in [5.41, 5.74) is 0. The van der Waals surface area contributed by atoms with E-state index in [0.29, 0.717) is 19.6 Å². The third kappa shape index (κ3) is 6.89. The molecule has 5 heteroatoms. The Morgan fingerprint density at radius 1 is 1.15 bits per heavy atom. The van der Waals surface area contributed by atoms with Crippen LogP contribution < -0.4 is 0 Å². The van der Waals surface area contributed by atoms with Crippen LogP contribution in [0.15, 0.2) is 0 Å². The largest absolute Gasteiger partial charge is 0.466 e. The highest BCUT2D eigenvalue weighted by Crippen LogP contribution is 2.08. The number of rotatable bonds is 9. The van der Waals surface area contributed by atoms with Gasteiger partial charge in [0.05, 0.1) is 13.0 Å². The lowest BCUT2D eigenvalue weighted by Crippen LogP contribution is -2.32. The number of likely N-dealkylation sites (tertiary alicyclic amines) is 1. The van der Waals surface area contributed by atoms with Gasteiger partial charge in [-0.2, -0.15) is 0 Å². The van der Waals surface area contributed by atoms with Crippen LogP contribution in [0.5, 0.6) is 0 Å². The second-order valence-corrected chi connectivity index (χ2v) is 5.32. The van der Waals surface area contributed by atoms with Gasteiger partial charge in [0, 0.05) is 20.0 Å². The summed E-state index contributed by atoms with van der Waals surface area (Å²) < 4.78 is 4.88. The van der Waals surface area contributed by atoms with Gasteiger partial charge < -0.3 is 14.5 Å². The number of hydrogen-bond acceptors (Lipinski definition) is 4. The first kappa shape index (κ1) is 17.0. The molecule has 116 valence electrons. The summed E-state index contributed by atoms with van der Waals surface area (Å²) in [5, 5.41) is 0. The molecule has 0 aromatic heterocycles. The number of hydrogen-bond donors (Lipinski definition) is 0. The molecule has 0 aromatic carbocycles. The van der Waals surface area contributed by atoms with Crippen molar-refractivity contribution in [3.8, 4) is 0 Å². The molecular formula is C15H28N2O3. The molecule has 1 aliphatic rings. The van der Waals surface area contributed by atoms with E-state index < -0.39 is 0 Å². The average Bonchev–Trinajstić information content (AvgIpc) is 2.90. The number of amides is 1. The molecule has 0 spiro atoms. The zero-order valence-corrected chi connectivity index (χ0v) is 12.9. The van der Waals surface area contributed by atoms with Crippen LogP contribution >= 0.6 is 0 Å². The maximum Gasteiger partial charge on any atom is 0.307 e. The molecule has 0 atom stereocenters. The molecule has 1 rings (SSSR count). The summed E-state index contributed by atoms with van der Waals surface area (Å²) in [5.74, 6) is -0.189. The quantitative estimate of drug-likeness (QED) is 0.477. The molecule has 1 saturated heterocycles. The summed E-state index contributed by atoms with van der Waals surface area (Å²) in [6.07, 6.45) is 5.04. The highest BCUT2D eigenvalue weighted by molar-refractivity contribution is 5.74. The molecule has 0 saturated carbocycles. The lowest BCUT2D eigenvalue weighted by Gasteiger charge is -2.21. The van der Waals surface area contributed by atoms with Crippen LogP contribution in [0.1, 0.15) is 46.0 Å². The minimum atomic E-state index is -0.226. The molecule has 0 radical (unpaired) electrons. The fraction of sp³-hybridized carbons (Fsp3) is 0.867. The topological polar surface area (TPSA) is 49.9 Å². The van der Waals surface area contributed by atoms with Crippen LogP contribution in [0, 0.1) is 0 Å². The maximum atomic E-state index is 11.5. The second-order valence-electron chi connectivity index (χ2n) is 5.32. The van der Waals surface area contributed by atoms with Crippen molar-refractivity contribution in [3.63, 3.8) is 0 Å². The van der Waals surface area contributed by atoms with Crippen molar-refractivity contribution in [2.24, 2.45) is 0 Å². The van der Waals surface area contributed by atoms with Crippen molar-refractivity contribution in [2.75, 3.05) is 39.3 Å². The monoisotopic (exact) mass is 284 g/mol. The van der Waals surface area contributed by atoms with Crippen LogP contribution in [0.4, 0.5) is 0 Å². The molecule has 20 heavy (non-hydrogen) atoms. The van der Waals surface area contributed by atoms with E-state index in [4.69, 9.17) is 4.74 Å². The zero-order valence-electron chi connectivity index (χ0n) is 12.9. The number of ether oxygens (including phenoxy) is 1. The number of carbonyl (C=O) groups excluding carboxylic acids is 2. The van der Waals surface area contributed by atoms with Gasteiger partial charge in [-0.1, -0.05) is 0 Å². The molecule has 0 aliphatic carbocycles. The number of esters is 1. The molecule has 5 nitrogen and oxygen atoms in total. The predicted molar refractivity (Wildman–Crippen MR) is 78.4 cm³/mol. The van der Waals surface area contributed by atoms with Gasteiger partial charge in [-0.05, 0) is 52.2 Å². The Hall–Kier alpha value is -1.10. The van der Waals surface area contributed by atoms with Crippen molar-refractivity contribution in [2.45, 2.75) is 46.0 Å². The van der Waals surface area contributed by atoms with Crippen LogP contribution in [-0.4, -0.2) is 61.0 Å². The van der Waals surface area contributed by atoms with Gasteiger partial charge in [0.2, 0.25) is 5.91 Å². The molecular weight excluding hydrogens is 256 g/mol. The third-order valence-electron chi connectivity index (χ3n) is 3.69. The Morgan fingerprint density at radius 3 is 2.45 bits per heavy atom. The molecule has 1 fully saturated rings. The Kier molecular flexibility index (Phi) is 8.26. The van der Waals surface area contributed by atoms with Crippen molar-refractivity contribution in [1.82, 2.24) is 9.80 Å². The smallest absolute Gasteiger partial charge is 0.307 e. The van der Waals surface area contributed by atoms with E-state index in [1.807, 2.05) is 0 Å². The molecule has 0 N–H and O–H groups in total. The maximum absolute atomic E-state index is 11.5. The molecule has 0 unspecified atom stereocenters. The highest BCUT2D eigenvalue weighted by Gasteiger charge is 2.13. The fourth-order valence-corrected chi connectivity index (χ4v) is 2.53. The van der Waals surface area contributed by atoms with Crippen molar-refractivity contribution >= 4 is 11.9 Å². The normalized spacial score (nSPS) is 15.3. The summed E-state index contributed by atoms with van der Waals surface area (Å²) in [6, 6.07) is 0. The Labute approximate surface area is 122 Å². The highest BCUT2D eigenvalue weighted by atomic mass is 16.5. The van der Waals surface area contributed by atoms with Crippen molar-refractivity contribution in [1.29, 1.82) is 0 Å². The predicted octanol–water partition coefficient (Wildman–Crippen LogP) is 1.66. The second kappa shape index (κ2) is 9.75. The van der Waals surface area contributed by atoms with Gasteiger partial charge in [-0.25, -0.2) is 0 Å². The first-order valence-electron chi connectivity index (χ1n) is 7.77. The van der Waals surface area contributed by atoms with E-state index in [1.165, 1.54) is 25.9 Å². The van der Waals surface area contributed by atoms with Gasteiger partial charge in [-0.3, -0.25) is 9.59 Å². The van der Waals surface area contributed by atoms with Crippen LogP contribution in [0.3, 0.4) is 0 Å².